The lowest BCUT2D eigenvalue weighted by atomic mass is 10.5. The number of nitrogens with zero attached hydrogens (tertiary/aromatic N) is 2. The molecule has 0 aliphatic heterocycles. The summed E-state index contributed by atoms with van der Waals surface area (Å²) in [6.45, 7) is 7.19. The van der Waals surface area contributed by atoms with Crippen molar-refractivity contribution >= 4 is 30.2 Å². The second-order valence-electron chi connectivity index (χ2n) is 1.77. The van der Waals surface area contributed by atoms with Crippen molar-refractivity contribution in [2.75, 3.05) is 0 Å². The zero-order chi connectivity index (χ0) is 11.8. The summed E-state index contributed by atoms with van der Waals surface area (Å²) in [7, 11) is 4.67. The first-order chi connectivity index (χ1) is 6.72. The summed E-state index contributed by atoms with van der Waals surface area (Å²) in [5.41, 5.74) is 0. The number of carbonyl (C=O) groups excluding carboxylic acids is 2. The van der Waals surface area contributed by atoms with Gasteiger partial charge in [-0.1, -0.05) is 19.9 Å². The molecular weight excluding hydrogens is 218 g/mol. The fraction of sp³-hybridized carbons (Fsp3) is 0.500. The summed E-state index contributed by atoms with van der Waals surface area (Å²) in [5, 5.41) is 5.82. The van der Waals surface area contributed by atoms with Crippen molar-refractivity contribution in [2.45, 2.75) is 26.7 Å². The van der Waals surface area contributed by atoms with Crippen molar-refractivity contribution in [1.29, 1.82) is 0 Å². The van der Waals surface area contributed by atoms with E-state index in [2.05, 4.69) is 41.6 Å². The Morgan fingerprint density at radius 3 is 2.07 bits per heavy atom. The second kappa shape index (κ2) is 22.9. The lowest BCUT2D eigenvalue weighted by Crippen LogP contribution is -1.85. The van der Waals surface area contributed by atoms with Gasteiger partial charge in [-0.2, -0.15) is 0 Å². The van der Waals surface area contributed by atoms with Crippen LogP contribution in [0.4, 0.5) is 0 Å². The van der Waals surface area contributed by atoms with Gasteiger partial charge >= 0.3 is 0 Å². The van der Waals surface area contributed by atoms with Gasteiger partial charge in [0, 0.05) is 6.42 Å². The molecule has 14 heavy (non-hydrogen) atoms. The molecule has 0 saturated heterocycles. The van der Waals surface area contributed by atoms with E-state index >= 15 is 0 Å². The molecule has 0 radical (unpaired) electrons. The molecule has 0 bridgehead atoms. The molecular formula is C8H18N2O2P2. The van der Waals surface area contributed by atoms with Crippen LogP contribution in [-0.2, 0) is 9.59 Å². The molecule has 82 valence electrons. The summed E-state index contributed by atoms with van der Waals surface area (Å²) >= 11 is 0. The highest BCUT2D eigenvalue weighted by atomic mass is 32.0. The molecule has 2 unspecified atom stereocenters. The average molecular weight is 236 g/mol. The normalized spacial score (nSPS) is 7.71. The van der Waals surface area contributed by atoms with Crippen LogP contribution in [0, 0.1) is 0 Å². The van der Waals surface area contributed by atoms with Crippen LogP contribution >= 0.6 is 17.9 Å². The lowest BCUT2D eigenvalue weighted by Gasteiger charge is -1.76. The second-order valence-corrected chi connectivity index (χ2v) is 1.77. The van der Waals surface area contributed by atoms with Crippen LogP contribution < -0.4 is 0 Å². The zero-order valence-electron chi connectivity index (χ0n) is 8.64. The van der Waals surface area contributed by atoms with Crippen LogP contribution in [0.1, 0.15) is 26.7 Å². The number of carbonyl (C=O) groups is 2. The third-order valence-electron chi connectivity index (χ3n) is 0.808. The highest BCUT2D eigenvalue weighted by Crippen LogP contribution is 1.86. The SMILES string of the molecule is C=CCC.CCC(=O)N=NC=O.PP. The third-order valence-corrected chi connectivity index (χ3v) is 0.808. The maximum Gasteiger partial charge on any atom is 0.264 e. The van der Waals surface area contributed by atoms with Gasteiger partial charge in [-0.25, -0.2) is 0 Å². The van der Waals surface area contributed by atoms with Crippen LogP contribution in [0.3, 0.4) is 0 Å². The maximum absolute atomic E-state index is 10.2. The van der Waals surface area contributed by atoms with Crippen LogP contribution in [0.2, 0.25) is 0 Å². The van der Waals surface area contributed by atoms with E-state index in [1.807, 2.05) is 6.08 Å². The molecule has 0 heterocycles. The van der Waals surface area contributed by atoms with Crippen LogP contribution in [0.5, 0.6) is 0 Å². The van der Waals surface area contributed by atoms with Gasteiger partial charge in [-0.15, -0.1) is 34.7 Å². The molecule has 0 aliphatic carbocycles. The van der Waals surface area contributed by atoms with Crippen molar-refractivity contribution in [2.24, 2.45) is 10.2 Å². The van der Waals surface area contributed by atoms with Gasteiger partial charge in [-0.3, -0.25) is 9.59 Å². The van der Waals surface area contributed by atoms with E-state index in [4.69, 9.17) is 0 Å². The average Bonchev–Trinajstić information content (AvgIpc) is 2.28. The van der Waals surface area contributed by atoms with Gasteiger partial charge in [-0.05, 0) is 6.42 Å². The van der Waals surface area contributed by atoms with E-state index in [-0.39, 0.29) is 18.7 Å². The van der Waals surface area contributed by atoms with E-state index in [0.29, 0.717) is 0 Å². The number of allylic oxidation sites excluding steroid dienone is 1. The first kappa shape index (κ1) is 19.2. The molecule has 0 rings (SSSR count). The number of rotatable bonds is 3. The molecule has 2 atom stereocenters. The topological polar surface area (TPSA) is 58.9 Å². The summed E-state index contributed by atoms with van der Waals surface area (Å²) in [6, 6.07) is 0. The Bertz CT molecular complexity index is 173. The Morgan fingerprint density at radius 1 is 1.43 bits per heavy atom. The smallest absolute Gasteiger partial charge is 0.264 e. The monoisotopic (exact) mass is 236 g/mol. The highest BCUT2D eigenvalue weighted by molar-refractivity contribution is 7.92. The first-order valence-electron chi connectivity index (χ1n) is 4.04. The van der Waals surface area contributed by atoms with Crippen molar-refractivity contribution in [3.8, 4) is 0 Å². The van der Waals surface area contributed by atoms with E-state index in [1.54, 1.807) is 6.92 Å². The van der Waals surface area contributed by atoms with E-state index in [9.17, 15) is 9.59 Å². The van der Waals surface area contributed by atoms with Crippen LogP contribution in [0.15, 0.2) is 22.9 Å². The van der Waals surface area contributed by atoms with Gasteiger partial charge in [0.25, 0.3) is 12.3 Å². The molecule has 0 aromatic carbocycles. The van der Waals surface area contributed by atoms with Gasteiger partial charge in [0.2, 0.25) is 0 Å². The molecule has 0 aromatic heterocycles. The number of amides is 2. The molecule has 0 saturated carbocycles. The Kier molecular flexibility index (Phi) is 31.3. The summed E-state index contributed by atoms with van der Waals surface area (Å²) < 4.78 is 0. The van der Waals surface area contributed by atoms with Crippen molar-refractivity contribution in [1.82, 2.24) is 0 Å². The van der Waals surface area contributed by atoms with Gasteiger partial charge in [0.05, 0.1) is 0 Å². The quantitative estimate of drug-likeness (QED) is 0.327. The van der Waals surface area contributed by atoms with E-state index < -0.39 is 0 Å². The third kappa shape index (κ3) is 30.0. The van der Waals surface area contributed by atoms with Crippen LogP contribution in [-0.4, -0.2) is 12.3 Å². The van der Waals surface area contributed by atoms with Crippen molar-refractivity contribution in [3.63, 3.8) is 0 Å². The maximum atomic E-state index is 10.2. The molecule has 0 aromatic rings. The molecule has 0 fully saturated rings. The standard InChI is InChI=1S/C4H6N2O2.C4H8.H4P2/c1-2-4(8)6-5-3-7;1-3-4-2;1-2/h3H,2H2,1H3;3H,1,4H2,2H3;1-2H2. The van der Waals surface area contributed by atoms with Crippen molar-refractivity contribution < 1.29 is 9.59 Å². The van der Waals surface area contributed by atoms with Gasteiger partial charge in [0.1, 0.15) is 0 Å². The predicted octanol–water partition coefficient (Wildman–Crippen LogP) is 2.77. The molecule has 6 heteroatoms. The summed E-state index contributed by atoms with van der Waals surface area (Å²) in [6.07, 6.45) is 3.48. The molecule has 0 spiro atoms. The lowest BCUT2D eigenvalue weighted by molar-refractivity contribution is -0.119. The minimum Gasteiger partial charge on any atom is -0.275 e. The predicted molar refractivity (Wildman–Crippen MR) is 66.1 cm³/mol. The summed E-state index contributed by atoms with van der Waals surface area (Å²) in [4.78, 5) is 19.6. The minimum absolute atomic E-state index is 0.230. The summed E-state index contributed by atoms with van der Waals surface area (Å²) in [5.74, 6) is -0.378. The zero-order valence-corrected chi connectivity index (χ0v) is 11.0. The fourth-order valence-corrected chi connectivity index (χ4v) is 0.159. The van der Waals surface area contributed by atoms with Gasteiger partial charge < -0.3 is 0 Å². The first-order valence-corrected chi connectivity index (χ1v) is 6.71. The van der Waals surface area contributed by atoms with E-state index in [0.717, 1.165) is 6.42 Å². The Hall–Kier alpha value is -0.460. The number of hydrogen-bond acceptors (Lipinski definition) is 2. The fourth-order valence-electron chi connectivity index (χ4n) is 0.159. The Morgan fingerprint density at radius 2 is 1.86 bits per heavy atom. The number of azo groups is 1. The van der Waals surface area contributed by atoms with Crippen LogP contribution in [0.25, 0.3) is 0 Å². The molecule has 0 aliphatic rings. The largest absolute Gasteiger partial charge is 0.275 e. The minimum atomic E-state index is -0.378. The van der Waals surface area contributed by atoms with Crippen molar-refractivity contribution in [3.05, 3.63) is 12.7 Å². The number of hydrogen-bond donors (Lipinski definition) is 0. The molecule has 2 amide bonds. The van der Waals surface area contributed by atoms with Gasteiger partial charge in [0.15, 0.2) is 0 Å². The molecule has 4 nitrogen and oxygen atoms in total. The Balaban J connectivity index is -0.000000170. The highest BCUT2D eigenvalue weighted by Gasteiger charge is 1.88. The van der Waals surface area contributed by atoms with E-state index in [1.165, 1.54) is 0 Å². The Labute approximate surface area is 89.9 Å². The molecule has 0 N–H and O–H groups in total.